The normalized spacial score (nSPS) is 33.6. The number of carbonyl (C=O) groups is 1. The van der Waals surface area contributed by atoms with Crippen LogP contribution in [0, 0.1) is 17.3 Å². The molecule has 3 rings (SSSR count). The van der Waals surface area contributed by atoms with E-state index >= 15 is 0 Å². The molecular formula is C24H32O3. The molecule has 4 atom stereocenters. The van der Waals surface area contributed by atoms with Gasteiger partial charge in [-0.25, -0.2) is 4.79 Å². The molecule has 27 heavy (non-hydrogen) atoms. The van der Waals surface area contributed by atoms with E-state index in [1.54, 1.807) is 6.08 Å². The first-order valence-electron chi connectivity index (χ1n) is 10.1. The molecule has 0 unspecified atom stereocenters. The quantitative estimate of drug-likeness (QED) is 0.454. The molecular weight excluding hydrogens is 336 g/mol. The predicted molar refractivity (Wildman–Crippen MR) is 109 cm³/mol. The second-order valence-corrected chi connectivity index (χ2v) is 8.93. The Morgan fingerprint density at radius 3 is 2.63 bits per heavy atom. The first-order valence-corrected chi connectivity index (χ1v) is 10.1. The number of benzene rings is 1. The third-order valence-electron chi connectivity index (χ3n) is 6.74. The minimum Gasteiger partial charge on any atom is -0.456 e. The van der Waals surface area contributed by atoms with Gasteiger partial charge in [-0.1, -0.05) is 62.8 Å². The number of aliphatic hydroxyl groups excluding tert-OH is 1. The van der Waals surface area contributed by atoms with Crippen LogP contribution in [-0.2, 0) is 9.53 Å². The smallest absolute Gasteiger partial charge is 0.331 e. The highest BCUT2D eigenvalue weighted by Gasteiger charge is 2.56. The van der Waals surface area contributed by atoms with Gasteiger partial charge in [0.15, 0.2) is 0 Å². The molecule has 2 aliphatic rings. The summed E-state index contributed by atoms with van der Waals surface area (Å²) >= 11 is 0. The van der Waals surface area contributed by atoms with Crippen molar-refractivity contribution >= 4 is 12.0 Å². The van der Waals surface area contributed by atoms with Gasteiger partial charge in [0.1, 0.15) is 5.60 Å². The lowest BCUT2D eigenvalue weighted by Crippen LogP contribution is -2.57. The van der Waals surface area contributed by atoms with Crippen molar-refractivity contribution in [3.8, 4) is 0 Å². The van der Waals surface area contributed by atoms with Crippen molar-refractivity contribution in [3.05, 3.63) is 53.6 Å². The molecule has 1 fully saturated rings. The van der Waals surface area contributed by atoms with Crippen molar-refractivity contribution in [2.75, 3.05) is 0 Å². The molecule has 0 saturated heterocycles. The van der Waals surface area contributed by atoms with Gasteiger partial charge in [0.25, 0.3) is 0 Å². The Labute approximate surface area is 163 Å². The van der Waals surface area contributed by atoms with E-state index in [1.807, 2.05) is 30.3 Å². The minimum absolute atomic E-state index is 0.130. The highest BCUT2D eigenvalue weighted by molar-refractivity contribution is 5.87. The van der Waals surface area contributed by atoms with Gasteiger partial charge in [-0.3, -0.25) is 0 Å². The highest BCUT2D eigenvalue weighted by Crippen LogP contribution is 2.55. The van der Waals surface area contributed by atoms with Crippen LogP contribution in [-0.4, -0.2) is 22.8 Å². The summed E-state index contributed by atoms with van der Waals surface area (Å²) < 4.78 is 6.05. The molecule has 2 aliphatic carbocycles. The average Bonchev–Trinajstić information content (AvgIpc) is 2.64. The Bertz CT molecular complexity index is 733. The fourth-order valence-electron chi connectivity index (χ4n) is 4.84. The van der Waals surface area contributed by atoms with Crippen LogP contribution in [0.2, 0.25) is 0 Å². The van der Waals surface area contributed by atoms with E-state index in [2.05, 4.69) is 33.8 Å². The summed E-state index contributed by atoms with van der Waals surface area (Å²) in [7, 11) is 0. The summed E-state index contributed by atoms with van der Waals surface area (Å²) in [5.74, 6) is 0.303. The number of fused-ring (bicyclic) bond motifs is 1. The monoisotopic (exact) mass is 368 g/mol. The van der Waals surface area contributed by atoms with Crippen molar-refractivity contribution in [1.29, 1.82) is 0 Å². The van der Waals surface area contributed by atoms with E-state index < -0.39 is 5.60 Å². The molecule has 1 saturated carbocycles. The molecule has 0 bridgehead atoms. The molecule has 0 radical (unpaired) electrons. The van der Waals surface area contributed by atoms with Crippen LogP contribution in [0.25, 0.3) is 6.08 Å². The Balaban J connectivity index is 1.80. The Morgan fingerprint density at radius 1 is 1.26 bits per heavy atom. The lowest BCUT2D eigenvalue weighted by Gasteiger charge is -2.55. The summed E-state index contributed by atoms with van der Waals surface area (Å²) in [5, 5.41) is 10.7. The number of esters is 1. The van der Waals surface area contributed by atoms with Crippen molar-refractivity contribution in [1.82, 2.24) is 0 Å². The summed E-state index contributed by atoms with van der Waals surface area (Å²) in [6.45, 7) is 8.62. The molecule has 0 aromatic heterocycles. The number of hydrogen-bond donors (Lipinski definition) is 1. The third kappa shape index (κ3) is 4.03. The van der Waals surface area contributed by atoms with Crippen LogP contribution < -0.4 is 0 Å². The van der Waals surface area contributed by atoms with Gasteiger partial charge in [0, 0.05) is 17.4 Å². The van der Waals surface area contributed by atoms with Crippen LogP contribution >= 0.6 is 0 Å². The lowest BCUT2D eigenvalue weighted by atomic mass is 9.54. The van der Waals surface area contributed by atoms with Crippen LogP contribution in [0.3, 0.4) is 0 Å². The van der Waals surface area contributed by atoms with E-state index in [1.165, 1.54) is 11.6 Å². The van der Waals surface area contributed by atoms with Crippen LogP contribution in [0.4, 0.5) is 0 Å². The van der Waals surface area contributed by atoms with Crippen LogP contribution in [0.1, 0.15) is 58.9 Å². The van der Waals surface area contributed by atoms with Gasteiger partial charge in [0.2, 0.25) is 0 Å². The molecule has 3 nitrogen and oxygen atoms in total. The number of hydrogen-bond acceptors (Lipinski definition) is 3. The van der Waals surface area contributed by atoms with Crippen molar-refractivity contribution in [2.45, 2.75) is 65.1 Å². The Morgan fingerprint density at radius 2 is 1.96 bits per heavy atom. The van der Waals surface area contributed by atoms with Crippen molar-refractivity contribution in [2.24, 2.45) is 17.3 Å². The minimum atomic E-state index is -0.555. The highest BCUT2D eigenvalue weighted by atomic mass is 16.6. The van der Waals surface area contributed by atoms with Gasteiger partial charge in [0.05, 0.1) is 6.10 Å². The zero-order chi connectivity index (χ0) is 19.7. The fraction of sp³-hybridized carbons (Fsp3) is 0.542. The molecule has 0 aliphatic heterocycles. The molecule has 146 valence electrons. The van der Waals surface area contributed by atoms with Crippen LogP contribution in [0.5, 0.6) is 0 Å². The summed E-state index contributed by atoms with van der Waals surface area (Å²) in [4.78, 5) is 12.6. The molecule has 1 N–H and O–H groups in total. The first-order chi connectivity index (χ1) is 12.7. The third-order valence-corrected chi connectivity index (χ3v) is 6.74. The number of aliphatic hydroxyl groups is 1. The second kappa shape index (κ2) is 7.63. The maximum atomic E-state index is 12.6. The van der Waals surface area contributed by atoms with E-state index in [0.717, 1.165) is 18.4 Å². The van der Waals surface area contributed by atoms with Gasteiger partial charge in [-0.15, -0.1) is 0 Å². The van der Waals surface area contributed by atoms with Gasteiger partial charge in [-0.2, -0.15) is 0 Å². The van der Waals surface area contributed by atoms with Crippen molar-refractivity contribution in [3.63, 3.8) is 0 Å². The number of allylic oxidation sites excluding steroid dienone is 2. The Kier molecular flexibility index (Phi) is 5.62. The van der Waals surface area contributed by atoms with E-state index in [9.17, 15) is 9.90 Å². The zero-order valence-corrected chi connectivity index (χ0v) is 16.9. The second-order valence-electron chi connectivity index (χ2n) is 8.93. The van der Waals surface area contributed by atoms with E-state index in [4.69, 9.17) is 4.74 Å². The fourth-order valence-corrected chi connectivity index (χ4v) is 4.84. The van der Waals surface area contributed by atoms with Crippen LogP contribution in [0.15, 0.2) is 48.1 Å². The van der Waals surface area contributed by atoms with Gasteiger partial charge >= 0.3 is 5.97 Å². The predicted octanol–water partition coefficient (Wildman–Crippen LogP) is 5.16. The largest absolute Gasteiger partial charge is 0.456 e. The number of carbonyl (C=O) groups excluding carboxylic acids is 1. The standard InChI is InChI=1S/C24H32O3/c1-17(2)19-12-14-23(3)20(16-19)24(4,15-13-21(23)25)27-22(26)11-10-18-8-6-5-7-9-18/h5-12,17,20-21,25H,13-16H2,1-4H3/t20-,21-,23-,24+/m1/s1. The summed E-state index contributed by atoms with van der Waals surface area (Å²) in [6.07, 6.45) is 8.37. The molecule has 3 heteroatoms. The summed E-state index contributed by atoms with van der Waals surface area (Å²) in [6, 6.07) is 9.76. The topological polar surface area (TPSA) is 46.5 Å². The SMILES string of the molecule is CC(C)C1=CC[C@@]2(C)[C@H](O)CC[C@](C)(OC(=O)C=Cc3ccccc3)[C@@H]2C1. The number of rotatable bonds is 4. The van der Waals surface area contributed by atoms with E-state index in [-0.39, 0.29) is 23.4 Å². The first kappa shape index (κ1) is 19.9. The van der Waals surface area contributed by atoms with Crippen molar-refractivity contribution < 1.29 is 14.6 Å². The maximum absolute atomic E-state index is 12.6. The summed E-state index contributed by atoms with van der Waals surface area (Å²) in [5.41, 5.74) is 1.59. The van der Waals surface area contributed by atoms with E-state index in [0.29, 0.717) is 18.8 Å². The van der Waals surface area contributed by atoms with Gasteiger partial charge < -0.3 is 9.84 Å². The maximum Gasteiger partial charge on any atom is 0.331 e. The molecule has 0 spiro atoms. The Hall–Kier alpha value is -1.87. The zero-order valence-electron chi connectivity index (χ0n) is 16.9. The molecule has 0 amide bonds. The molecule has 1 aromatic carbocycles. The average molecular weight is 369 g/mol. The number of ether oxygens (including phenoxy) is 1. The molecule has 0 heterocycles. The molecule has 1 aromatic rings. The van der Waals surface area contributed by atoms with Gasteiger partial charge in [-0.05, 0) is 50.2 Å². The lowest BCUT2D eigenvalue weighted by molar-refractivity contribution is -0.189.